The highest BCUT2D eigenvalue weighted by Gasteiger charge is 2.27. The van der Waals surface area contributed by atoms with E-state index in [-0.39, 0.29) is 6.04 Å². The maximum Gasteiger partial charge on any atom is 0.141 e. The number of nitrogens with zero attached hydrogens (tertiary/aromatic N) is 2. The summed E-state index contributed by atoms with van der Waals surface area (Å²) in [5, 5.41) is 10.2. The zero-order chi connectivity index (χ0) is 11.5. The van der Waals surface area contributed by atoms with Crippen LogP contribution in [-0.4, -0.2) is 46.1 Å². The van der Waals surface area contributed by atoms with Gasteiger partial charge in [-0.2, -0.15) is 11.8 Å². The molecule has 2 unspecified atom stereocenters. The Morgan fingerprint density at radius 2 is 2.44 bits per heavy atom. The normalized spacial score (nSPS) is 24.3. The highest BCUT2D eigenvalue weighted by Crippen LogP contribution is 2.26. The molecule has 0 amide bonds. The molecule has 0 radical (unpaired) electrons. The van der Waals surface area contributed by atoms with Gasteiger partial charge in [0.05, 0.1) is 12.3 Å². The van der Waals surface area contributed by atoms with Gasteiger partial charge in [-0.1, -0.05) is 0 Å². The van der Waals surface area contributed by atoms with Gasteiger partial charge in [0.15, 0.2) is 0 Å². The van der Waals surface area contributed by atoms with Gasteiger partial charge in [-0.05, 0) is 13.1 Å². The smallest absolute Gasteiger partial charge is 0.141 e. The summed E-state index contributed by atoms with van der Waals surface area (Å²) >= 11 is 1.82. The van der Waals surface area contributed by atoms with E-state index in [1.807, 2.05) is 18.8 Å². The van der Waals surface area contributed by atoms with Crippen molar-refractivity contribution in [1.82, 2.24) is 9.88 Å². The topological polar surface area (TPSA) is 36.4 Å². The molecule has 0 bridgehead atoms. The van der Waals surface area contributed by atoms with Crippen LogP contribution in [0.2, 0.25) is 0 Å². The fraction of sp³-hybridized carbons (Fsp3) is 0.545. The van der Waals surface area contributed by atoms with Crippen molar-refractivity contribution in [2.45, 2.75) is 12.1 Å². The molecule has 2 rings (SSSR count). The van der Waals surface area contributed by atoms with Crippen molar-refractivity contribution in [3.8, 4) is 0 Å². The van der Waals surface area contributed by atoms with Crippen LogP contribution < -0.4 is 0 Å². The van der Waals surface area contributed by atoms with Gasteiger partial charge >= 0.3 is 0 Å². The number of likely N-dealkylation sites (N-methyl/N-ethyl adjacent to an activating group) is 1. The van der Waals surface area contributed by atoms with E-state index in [4.69, 9.17) is 0 Å². The molecule has 2 atom stereocenters. The number of hydrogen-bond acceptors (Lipinski definition) is 4. The molecule has 0 aliphatic carbocycles. The Morgan fingerprint density at radius 3 is 3.12 bits per heavy atom. The predicted octanol–water partition coefficient (Wildman–Crippen LogP) is 1.30. The first-order chi connectivity index (χ1) is 7.68. The number of aromatic nitrogens is 1. The third-order valence-electron chi connectivity index (χ3n) is 2.88. The van der Waals surface area contributed by atoms with Gasteiger partial charge < -0.3 is 5.11 Å². The minimum absolute atomic E-state index is 0.0438. The van der Waals surface area contributed by atoms with Crippen LogP contribution in [0.5, 0.6) is 0 Å². The molecule has 1 aromatic heterocycles. The summed E-state index contributed by atoms with van der Waals surface area (Å²) in [6.45, 7) is 0.954. The molecular weight excluding hydrogens is 227 g/mol. The second-order valence-electron chi connectivity index (χ2n) is 4.00. The van der Waals surface area contributed by atoms with Crippen molar-refractivity contribution in [1.29, 1.82) is 0 Å². The Bertz CT molecular complexity index is 364. The zero-order valence-electron chi connectivity index (χ0n) is 9.14. The molecule has 88 valence electrons. The summed E-state index contributed by atoms with van der Waals surface area (Å²) in [4.78, 5) is 5.88. The van der Waals surface area contributed by atoms with Gasteiger partial charge in [-0.3, -0.25) is 9.88 Å². The lowest BCUT2D eigenvalue weighted by Crippen LogP contribution is -2.43. The van der Waals surface area contributed by atoms with Crippen molar-refractivity contribution in [2.24, 2.45) is 0 Å². The second-order valence-corrected chi connectivity index (χ2v) is 5.15. The van der Waals surface area contributed by atoms with E-state index in [2.05, 4.69) is 9.88 Å². The summed E-state index contributed by atoms with van der Waals surface area (Å²) in [6, 6.07) is 1.40. The standard InChI is InChI=1S/C11H15FN2OS/c1-14-2-3-16-7-10(14)11(15)8-4-9(12)6-13-5-8/h4-6,10-11,15H,2-3,7H2,1H3. The molecule has 1 aliphatic heterocycles. The fourth-order valence-corrected chi connectivity index (χ4v) is 3.11. The third kappa shape index (κ3) is 2.53. The van der Waals surface area contributed by atoms with E-state index in [1.165, 1.54) is 12.3 Å². The second kappa shape index (κ2) is 5.12. The summed E-state index contributed by atoms with van der Waals surface area (Å²) < 4.78 is 13.0. The zero-order valence-corrected chi connectivity index (χ0v) is 9.95. The third-order valence-corrected chi connectivity index (χ3v) is 3.92. The van der Waals surface area contributed by atoms with Gasteiger partial charge in [0.25, 0.3) is 0 Å². The molecule has 1 aromatic rings. The number of halogens is 1. The van der Waals surface area contributed by atoms with Gasteiger partial charge in [0.2, 0.25) is 0 Å². The quantitative estimate of drug-likeness (QED) is 0.848. The van der Waals surface area contributed by atoms with Crippen molar-refractivity contribution in [3.05, 3.63) is 29.8 Å². The molecule has 0 saturated carbocycles. The van der Waals surface area contributed by atoms with Crippen molar-refractivity contribution >= 4 is 11.8 Å². The molecule has 1 aliphatic rings. The summed E-state index contributed by atoms with van der Waals surface area (Å²) in [5.74, 6) is 1.55. The van der Waals surface area contributed by atoms with Crippen LogP contribution in [0, 0.1) is 5.82 Å². The highest BCUT2D eigenvalue weighted by molar-refractivity contribution is 7.99. The monoisotopic (exact) mass is 242 g/mol. The minimum Gasteiger partial charge on any atom is -0.387 e. The van der Waals surface area contributed by atoms with E-state index < -0.39 is 11.9 Å². The van der Waals surface area contributed by atoms with Gasteiger partial charge in [0.1, 0.15) is 5.82 Å². The minimum atomic E-state index is -0.666. The Kier molecular flexibility index (Phi) is 3.78. The highest BCUT2D eigenvalue weighted by atomic mass is 32.2. The predicted molar refractivity (Wildman–Crippen MR) is 62.9 cm³/mol. The van der Waals surface area contributed by atoms with Crippen LogP contribution in [0.25, 0.3) is 0 Å². The largest absolute Gasteiger partial charge is 0.387 e. The molecule has 5 heteroatoms. The average molecular weight is 242 g/mol. The number of pyridine rings is 1. The number of thioether (sulfide) groups is 1. The summed E-state index contributed by atoms with van der Waals surface area (Å²) in [5.41, 5.74) is 0.555. The van der Waals surface area contributed by atoms with E-state index in [9.17, 15) is 9.50 Å². The Labute approximate surface area is 98.7 Å². The van der Waals surface area contributed by atoms with E-state index in [1.54, 1.807) is 0 Å². The first-order valence-electron chi connectivity index (χ1n) is 5.25. The van der Waals surface area contributed by atoms with Crippen molar-refractivity contribution in [2.75, 3.05) is 25.1 Å². The number of hydrogen-bond donors (Lipinski definition) is 1. The molecule has 0 aromatic carbocycles. The van der Waals surface area contributed by atoms with Crippen LogP contribution in [-0.2, 0) is 0 Å². The van der Waals surface area contributed by atoms with Crippen LogP contribution in [0.15, 0.2) is 18.5 Å². The van der Waals surface area contributed by atoms with Crippen LogP contribution in [0.4, 0.5) is 4.39 Å². The SMILES string of the molecule is CN1CCSCC1C(O)c1cncc(F)c1. The Hall–Kier alpha value is -0.650. The van der Waals surface area contributed by atoms with E-state index in [0.29, 0.717) is 5.56 Å². The van der Waals surface area contributed by atoms with Gasteiger partial charge in [-0.25, -0.2) is 4.39 Å². The Balaban J connectivity index is 2.14. The van der Waals surface area contributed by atoms with Crippen LogP contribution in [0.3, 0.4) is 0 Å². The van der Waals surface area contributed by atoms with Crippen LogP contribution >= 0.6 is 11.8 Å². The maximum atomic E-state index is 13.0. The maximum absolute atomic E-state index is 13.0. The van der Waals surface area contributed by atoms with Gasteiger partial charge in [0, 0.05) is 35.9 Å². The molecular formula is C11H15FN2OS. The van der Waals surface area contributed by atoms with Crippen molar-refractivity contribution < 1.29 is 9.50 Å². The number of rotatable bonds is 2. The molecule has 3 nitrogen and oxygen atoms in total. The van der Waals surface area contributed by atoms with Crippen LogP contribution in [0.1, 0.15) is 11.7 Å². The average Bonchev–Trinajstić information content (AvgIpc) is 2.29. The molecule has 2 heterocycles. The van der Waals surface area contributed by atoms with Crippen molar-refractivity contribution in [3.63, 3.8) is 0 Å². The van der Waals surface area contributed by atoms with Gasteiger partial charge in [-0.15, -0.1) is 0 Å². The molecule has 1 saturated heterocycles. The summed E-state index contributed by atoms with van der Waals surface area (Å²) in [7, 11) is 1.99. The number of aliphatic hydroxyl groups excluding tert-OH is 1. The molecule has 16 heavy (non-hydrogen) atoms. The first kappa shape index (κ1) is 11.8. The molecule has 0 spiro atoms. The lowest BCUT2D eigenvalue weighted by Gasteiger charge is -2.35. The van der Waals surface area contributed by atoms with E-state index in [0.717, 1.165) is 24.2 Å². The Morgan fingerprint density at radius 1 is 1.62 bits per heavy atom. The number of aliphatic hydroxyl groups is 1. The van der Waals surface area contributed by atoms with E-state index >= 15 is 0 Å². The lowest BCUT2D eigenvalue weighted by molar-refractivity contribution is 0.0753. The molecule has 1 fully saturated rings. The molecule has 1 N–H and O–H groups in total. The lowest BCUT2D eigenvalue weighted by atomic mass is 10.0. The summed E-state index contributed by atoms with van der Waals surface area (Å²) in [6.07, 6.45) is 2.01. The fourth-order valence-electron chi connectivity index (χ4n) is 1.85. The first-order valence-corrected chi connectivity index (χ1v) is 6.40.